The summed E-state index contributed by atoms with van der Waals surface area (Å²) >= 11 is 0. The van der Waals surface area contributed by atoms with Gasteiger partial charge in [0.1, 0.15) is 5.82 Å². The van der Waals surface area contributed by atoms with Gasteiger partial charge in [0.25, 0.3) is 5.91 Å². The van der Waals surface area contributed by atoms with Crippen LogP contribution in [-0.4, -0.2) is 20.4 Å². The number of amides is 1. The van der Waals surface area contributed by atoms with Crippen molar-refractivity contribution in [2.45, 2.75) is 38.1 Å². The number of nitrogens with two attached hydrogens (primary N) is 1. The van der Waals surface area contributed by atoms with E-state index in [4.69, 9.17) is 5.14 Å². The first-order chi connectivity index (χ1) is 9.16. The third-order valence-corrected chi connectivity index (χ3v) is 3.99. The largest absolute Gasteiger partial charge is 0.349 e. The van der Waals surface area contributed by atoms with Crippen LogP contribution in [0.15, 0.2) is 23.1 Å². The number of hydrogen-bond acceptors (Lipinski definition) is 3. The van der Waals surface area contributed by atoms with Crippen molar-refractivity contribution in [3.63, 3.8) is 0 Å². The van der Waals surface area contributed by atoms with E-state index in [9.17, 15) is 17.6 Å². The first kappa shape index (κ1) is 16.6. The predicted molar refractivity (Wildman–Crippen MR) is 74.2 cm³/mol. The lowest BCUT2D eigenvalue weighted by atomic mass is 10.0. The Hall–Kier alpha value is -1.47. The van der Waals surface area contributed by atoms with Gasteiger partial charge in [0.2, 0.25) is 10.0 Å². The highest BCUT2D eigenvalue weighted by atomic mass is 32.2. The lowest BCUT2D eigenvalue weighted by Gasteiger charge is -2.20. The zero-order valence-electron chi connectivity index (χ0n) is 11.7. The van der Waals surface area contributed by atoms with Crippen molar-refractivity contribution in [3.05, 3.63) is 29.6 Å². The molecule has 0 saturated heterocycles. The summed E-state index contributed by atoms with van der Waals surface area (Å²) in [5, 5.41) is 7.62. The molecule has 7 heteroatoms. The summed E-state index contributed by atoms with van der Waals surface area (Å²) in [7, 11) is -3.98. The smallest absolute Gasteiger partial charge is 0.254 e. The maximum atomic E-state index is 13.8. The Balaban J connectivity index is 3.01. The number of rotatable bonds is 5. The van der Waals surface area contributed by atoms with Crippen molar-refractivity contribution in [1.29, 1.82) is 0 Å². The van der Waals surface area contributed by atoms with Crippen molar-refractivity contribution in [3.8, 4) is 0 Å². The maximum absolute atomic E-state index is 13.8. The van der Waals surface area contributed by atoms with Crippen LogP contribution in [0.1, 0.15) is 37.6 Å². The van der Waals surface area contributed by atoms with Crippen LogP contribution < -0.4 is 10.5 Å². The molecule has 0 spiro atoms. The zero-order valence-corrected chi connectivity index (χ0v) is 12.5. The summed E-state index contributed by atoms with van der Waals surface area (Å²) in [4.78, 5) is 11.6. The number of nitrogens with one attached hydrogen (secondary N) is 1. The molecule has 1 unspecified atom stereocenters. The second-order valence-electron chi connectivity index (χ2n) is 4.92. The minimum absolute atomic E-state index is 0.0696. The topological polar surface area (TPSA) is 89.3 Å². The van der Waals surface area contributed by atoms with Crippen LogP contribution in [0.25, 0.3) is 0 Å². The molecule has 1 atom stereocenters. The van der Waals surface area contributed by atoms with Gasteiger partial charge in [-0.2, -0.15) is 0 Å². The molecule has 112 valence electrons. The molecule has 1 aromatic carbocycles. The maximum Gasteiger partial charge on any atom is 0.254 e. The Morgan fingerprint density at radius 2 is 2.00 bits per heavy atom. The van der Waals surface area contributed by atoms with Crippen molar-refractivity contribution in [1.82, 2.24) is 5.32 Å². The van der Waals surface area contributed by atoms with Gasteiger partial charge in [-0.3, -0.25) is 4.79 Å². The van der Waals surface area contributed by atoms with Gasteiger partial charge in [-0.05, 0) is 30.5 Å². The molecular weight excluding hydrogens is 283 g/mol. The molecule has 0 aliphatic carbocycles. The molecule has 3 N–H and O–H groups in total. The van der Waals surface area contributed by atoms with Gasteiger partial charge in [0.15, 0.2) is 0 Å². The molecule has 1 rings (SSSR count). The van der Waals surface area contributed by atoms with E-state index in [1.54, 1.807) is 0 Å². The highest BCUT2D eigenvalue weighted by Gasteiger charge is 2.19. The van der Waals surface area contributed by atoms with E-state index in [1.165, 1.54) is 0 Å². The normalized spacial score (nSPS) is 13.3. The summed E-state index contributed by atoms with van der Waals surface area (Å²) in [6.45, 7) is 5.83. The van der Waals surface area contributed by atoms with Gasteiger partial charge in [-0.1, -0.05) is 20.8 Å². The summed E-state index contributed by atoms with van der Waals surface area (Å²) in [5.74, 6) is -1.26. The van der Waals surface area contributed by atoms with Gasteiger partial charge in [-0.25, -0.2) is 17.9 Å². The van der Waals surface area contributed by atoms with Gasteiger partial charge in [-0.15, -0.1) is 0 Å². The number of carbonyl (C=O) groups excluding carboxylic acids is 1. The standard InChI is InChI=1S/C13H19FN2O3S/c1-4-12(8(2)3)16-13(17)10-6-5-9(7-11(10)14)20(15,18)19/h5-8,12H,4H2,1-3H3,(H,16,17)(H2,15,18,19). The molecule has 20 heavy (non-hydrogen) atoms. The number of halogens is 1. The molecule has 0 aromatic heterocycles. The highest BCUT2D eigenvalue weighted by Crippen LogP contribution is 2.15. The van der Waals surface area contributed by atoms with Crippen LogP contribution in [0.2, 0.25) is 0 Å². The fourth-order valence-electron chi connectivity index (χ4n) is 1.84. The van der Waals surface area contributed by atoms with Gasteiger partial charge in [0.05, 0.1) is 10.5 Å². The van der Waals surface area contributed by atoms with E-state index in [2.05, 4.69) is 5.32 Å². The second kappa shape index (κ2) is 6.32. The first-order valence-electron chi connectivity index (χ1n) is 6.30. The summed E-state index contributed by atoms with van der Waals surface area (Å²) < 4.78 is 36.0. The van der Waals surface area contributed by atoms with Crippen molar-refractivity contribution < 1.29 is 17.6 Å². The van der Waals surface area contributed by atoms with Crippen LogP contribution in [-0.2, 0) is 10.0 Å². The SMILES string of the molecule is CCC(NC(=O)c1ccc(S(N)(=O)=O)cc1F)C(C)C. The molecule has 0 aliphatic heterocycles. The summed E-state index contributed by atoms with van der Waals surface area (Å²) in [5.41, 5.74) is -0.198. The van der Waals surface area contributed by atoms with Crippen molar-refractivity contribution >= 4 is 15.9 Å². The fraction of sp³-hybridized carbons (Fsp3) is 0.462. The van der Waals surface area contributed by atoms with Gasteiger partial charge < -0.3 is 5.32 Å². The minimum Gasteiger partial charge on any atom is -0.349 e. The third-order valence-electron chi connectivity index (χ3n) is 3.07. The number of benzene rings is 1. The van der Waals surface area contributed by atoms with E-state index >= 15 is 0 Å². The first-order valence-corrected chi connectivity index (χ1v) is 7.84. The Morgan fingerprint density at radius 1 is 1.40 bits per heavy atom. The fourth-order valence-corrected chi connectivity index (χ4v) is 2.37. The predicted octanol–water partition coefficient (Wildman–Crippen LogP) is 1.64. The average molecular weight is 302 g/mol. The quantitative estimate of drug-likeness (QED) is 0.866. The van der Waals surface area contributed by atoms with E-state index < -0.39 is 21.7 Å². The van der Waals surface area contributed by atoms with Crippen LogP contribution in [0.4, 0.5) is 4.39 Å². The van der Waals surface area contributed by atoms with Crippen molar-refractivity contribution in [2.75, 3.05) is 0 Å². The van der Waals surface area contributed by atoms with Crippen molar-refractivity contribution in [2.24, 2.45) is 11.1 Å². The number of sulfonamides is 1. The zero-order chi connectivity index (χ0) is 15.5. The second-order valence-corrected chi connectivity index (χ2v) is 6.48. The molecule has 1 aromatic rings. The molecular formula is C13H19FN2O3S. The third kappa shape index (κ3) is 4.01. The average Bonchev–Trinajstić information content (AvgIpc) is 2.33. The highest BCUT2D eigenvalue weighted by molar-refractivity contribution is 7.89. The van der Waals surface area contributed by atoms with E-state index in [1.807, 2.05) is 20.8 Å². The summed E-state index contributed by atoms with van der Waals surface area (Å²) in [6, 6.07) is 2.92. The van der Waals surface area contributed by atoms with Crippen LogP contribution in [0.5, 0.6) is 0 Å². The van der Waals surface area contributed by atoms with E-state index in [0.29, 0.717) is 0 Å². The number of hydrogen-bond donors (Lipinski definition) is 2. The van der Waals surface area contributed by atoms with E-state index in [-0.39, 0.29) is 22.4 Å². The monoisotopic (exact) mass is 302 g/mol. The Kier molecular flexibility index (Phi) is 5.24. The van der Waals surface area contributed by atoms with Crippen LogP contribution >= 0.6 is 0 Å². The molecule has 5 nitrogen and oxygen atoms in total. The number of carbonyl (C=O) groups is 1. The molecule has 0 fully saturated rings. The Morgan fingerprint density at radius 3 is 2.40 bits per heavy atom. The molecule has 0 radical (unpaired) electrons. The van der Waals surface area contributed by atoms with E-state index in [0.717, 1.165) is 24.6 Å². The molecule has 0 bridgehead atoms. The summed E-state index contributed by atoms with van der Waals surface area (Å²) in [6.07, 6.45) is 0.723. The number of primary sulfonamides is 1. The van der Waals surface area contributed by atoms with Crippen LogP contribution in [0.3, 0.4) is 0 Å². The lowest BCUT2D eigenvalue weighted by Crippen LogP contribution is -2.38. The molecule has 0 heterocycles. The lowest BCUT2D eigenvalue weighted by molar-refractivity contribution is 0.0920. The Bertz CT molecular complexity index is 600. The minimum atomic E-state index is -3.98. The van der Waals surface area contributed by atoms with Gasteiger partial charge in [0, 0.05) is 6.04 Å². The Labute approximate surface area is 118 Å². The molecule has 0 aliphatic rings. The molecule has 0 saturated carbocycles. The van der Waals surface area contributed by atoms with Crippen LogP contribution in [0, 0.1) is 11.7 Å². The molecule has 1 amide bonds. The van der Waals surface area contributed by atoms with Gasteiger partial charge >= 0.3 is 0 Å².